The molecule has 0 bridgehead atoms. The van der Waals surface area contributed by atoms with Gasteiger partial charge in [-0.25, -0.2) is 0 Å². The van der Waals surface area contributed by atoms with Gasteiger partial charge in [-0.15, -0.1) is 0 Å². The van der Waals surface area contributed by atoms with E-state index in [-0.39, 0.29) is 5.69 Å². The number of anilines is 1. The van der Waals surface area contributed by atoms with Gasteiger partial charge in [0.25, 0.3) is 5.69 Å². The summed E-state index contributed by atoms with van der Waals surface area (Å²) in [6.45, 7) is 1.87. The summed E-state index contributed by atoms with van der Waals surface area (Å²) in [5, 5.41) is 17.6. The molecule has 0 aromatic heterocycles. The maximum Gasteiger partial charge on any atom is 0.294 e. The lowest BCUT2D eigenvalue weighted by molar-refractivity contribution is -0.384. The fourth-order valence-corrected chi connectivity index (χ4v) is 2.35. The Hall–Kier alpha value is -3.21. The van der Waals surface area contributed by atoms with Crippen LogP contribution in [0.5, 0.6) is 0 Å². The van der Waals surface area contributed by atoms with E-state index in [0.29, 0.717) is 5.69 Å². The van der Waals surface area contributed by atoms with E-state index in [1.54, 1.807) is 18.2 Å². The number of nitro benzene ring substituents is 1. The normalized spacial score (nSPS) is 11.4. The first-order chi connectivity index (χ1) is 11.1. The Morgan fingerprint density at radius 1 is 1.00 bits per heavy atom. The molecule has 3 rings (SSSR count). The van der Waals surface area contributed by atoms with E-state index in [1.165, 1.54) is 6.07 Å². The smallest absolute Gasteiger partial charge is 0.271 e. The molecule has 0 spiro atoms. The van der Waals surface area contributed by atoms with Crippen LogP contribution in [0.3, 0.4) is 0 Å². The molecular weight excluding hydrogens is 290 g/mol. The van der Waals surface area contributed by atoms with Crippen molar-refractivity contribution in [2.45, 2.75) is 6.92 Å². The number of hydrazone groups is 1. The van der Waals surface area contributed by atoms with Gasteiger partial charge in [-0.2, -0.15) is 5.10 Å². The van der Waals surface area contributed by atoms with Crippen molar-refractivity contribution in [3.05, 3.63) is 82.4 Å². The highest BCUT2D eigenvalue weighted by Crippen LogP contribution is 2.23. The van der Waals surface area contributed by atoms with Crippen molar-refractivity contribution < 1.29 is 4.92 Å². The third-order valence-corrected chi connectivity index (χ3v) is 3.61. The standard InChI is InChI=1S/C18H15N3O2/c1-13(15-11-10-14-6-2-3-7-16(14)12-15)19-20-17-8-4-5-9-18(17)21(22)23/h2-12,20H,1H3/b19-13-. The van der Waals surface area contributed by atoms with Crippen molar-refractivity contribution in [2.24, 2.45) is 5.10 Å². The van der Waals surface area contributed by atoms with Gasteiger partial charge in [0.05, 0.1) is 10.6 Å². The number of fused-ring (bicyclic) bond motifs is 1. The number of hydrogen-bond donors (Lipinski definition) is 1. The van der Waals surface area contributed by atoms with Crippen LogP contribution in [0.15, 0.2) is 71.8 Å². The molecule has 3 aromatic rings. The second-order valence-electron chi connectivity index (χ2n) is 5.15. The molecule has 0 amide bonds. The van der Waals surface area contributed by atoms with Gasteiger partial charge < -0.3 is 0 Å². The molecule has 3 aromatic carbocycles. The van der Waals surface area contributed by atoms with Crippen molar-refractivity contribution in [1.82, 2.24) is 0 Å². The van der Waals surface area contributed by atoms with Crippen LogP contribution in [-0.2, 0) is 0 Å². The molecule has 23 heavy (non-hydrogen) atoms. The van der Waals surface area contributed by atoms with Gasteiger partial charge in [-0.05, 0) is 35.4 Å². The van der Waals surface area contributed by atoms with Gasteiger partial charge in [0.15, 0.2) is 0 Å². The molecule has 1 N–H and O–H groups in total. The molecule has 0 aliphatic heterocycles. The van der Waals surface area contributed by atoms with E-state index in [4.69, 9.17) is 0 Å². The van der Waals surface area contributed by atoms with Crippen LogP contribution in [0.4, 0.5) is 11.4 Å². The van der Waals surface area contributed by atoms with Crippen molar-refractivity contribution in [1.29, 1.82) is 0 Å². The Labute approximate surface area is 133 Å². The molecule has 0 aliphatic rings. The fourth-order valence-electron chi connectivity index (χ4n) is 2.35. The molecule has 5 heteroatoms. The van der Waals surface area contributed by atoms with Gasteiger partial charge in [0.2, 0.25) is 0 Å². The van der Waals surface area contributed by atoms with Crippen LogP contribution in [-0.4, -0.2) is 10.6 Å². The van der Waals surface area contributed by atoms with Crippen LogP contribution in [0.1, 0.15) is 12.5 Å². The predicted molar refractivity (Wildman–Crippen MR) is 92.9 cm³/mol. The summed E-state index contributed by atoms with van der Waals surface area (Å²) in [7, 11) is 0. The summed E-state index contributed by atoms with van der Waals surface area (Å²) >= 11 is 0. The molecule has 0 saturated carbocycles. The lowest BCUT2D eigenvalue weighted by atomic mass is 10.0. The maximum absolute atomic E-state index is 11.0. The molecular formula is C18H15N3O2. The first-order valence-electron chi connectivity index (χ1n) is 7.18. The molecule has 0 atom stereocenters. The molecule has 114 valence electrons. The van der Waals surface area contributed by atoms with Gasteiger partial charge in [0, 0.05) is 6.07 Å². The summed E-state index contributed by atoms with van der Waals surface area (Å²) in [5.74, 6) is 0. The first kappa shape index (κ1) is 14.7. The van der Waals surface area contributed by atoms with E-state index in [0.717, 1.165) is 22.0 Å². The minimum Gasteiger partial charge on any atom is -0.271 e. The van der Waals surface area contributed by atoms with Gasteiger partial charge >= 0.3 is 0 Å². The Morgan fingerprint density at radius 3 is 2.48 bits per heavy atom. The quantitative estimate of drug-likeness (QED) is 0.435. The second-order valence-corrected chi connectivity index (χ2v) is 5.15. The van der Waals surface area contributed by atoms with E-state index >= 15 is 0 Å². The zero-order chi connectivity index (χ0) is 16.2. The Bertz CT molecular complexity index is 903. The number of nitrogens with one attached hydrogen (secondary N) is 1. The maximum atomic E-state index is 11.0. The SMILES string of the molecule is C/C(=N/Nc1ccccc1[N+](=O)[O-])c1ccc2ccccc2c1. The second kappa shape index (κ2) is 6.27. The minimum atomic E-state index is -0.427. The largest absolute Gasteiger partial charge is 0.294 e. The van der Waals surface area contributed by atoms with Crippen LogP contribution in [0, 0.1) is 10.1 Å². The van der Waals surface area contributed by atoms with Crippen LogP contribution in [0.2, 0.25) is 0 Å². The van der Waals surface area contributed by atoms with Crippen molar-refractivity contribution in [3.8, 4) is 0 Å². The van der Waals surface area contributed by atoms with Gasteiger partial charge in [-0.3, -0.25) is 15.5 Å². The highest BCUT2D eigenvalue weighted by molar-refractivity contribution is 6.02. The van der Waals surface area contributed by atoms with E-state index < -0.39 is 4.92 Å². The number of para-hydroxylation sites is 2. The lowest BCUT2D eigenvalue weighted by Crippen LogP contribution is -2.01. The van der Waals surface area contributed by atoms with E-state index in [2.05, 4.69) is 22.7 Å². The van der Waals surface area contributed by atoms with Crippen molar-refractivity contribution in [3.63, 3.8) is 0 Å². The minimum absolute atomic E-state index is 0.00237. The molecule has 0 radical (unpaired) electrons. The molecule has 0 fully saturated rings. The zero-order valence-electron chi connectivity index (χ0n) is 12.6. The Kier molecular flexibility index (Phi) is 4.01. The van der Waals surface area contributed by atoms with Crippen LogP contribution in [0.25, 0.3) is 10.8 Å². The molecule has 0 unspecified atom stereocenters. The van der Waals surface area contributed by atoms with Gasteiger partial charge in [0.1, 0.15) is 5.69 Å². The highest BCUT2D eigenvalue weighted by atomic mass is 16.6. The highest BCUT2D eigenvalue weighted by Gasteiger charge is 2.11. The molecule has 5 nitrogen and oxygen atoms in total. The average molecular weight is 305 g/mol. The summed E-state index contributed by atoms with van der Waals surface area (Å²) < 4.78 is 0. The summed E-state index contributed by atoms with van der Waals surface area (Å²) in [6, 6.07) is 20.6. The lowest BCUT2D eigenvalue weighted by Gasteiger charge is -2.05. The van der Waals surface area contributed by atoms with Crippen molar-refractivity contribution >= 4 is 27.9 Å². The number of hydrogen-bond acceptors (Lipinski definition) is 4. The monoisotopic (exact) mass is 305 g/mol. The predicted octanol–water partition coefficient (Wildman–Crippen LogP) is 4.58. The third-order valence-electron chi connectivity index (χ3n) is 3.61. The summed E-state index contributed by atoms with van der Waals surface area (Å²) in [5.41, 5.74) is 4.89. The zero-order valence-corrected chi connectivity index (χ0v) is 12.6. The first-order valence-corrected chi connectivity index (χ1v) is 7.18. The van der Waals surface area contributed by atoms with Crippen LogP contribution >= 0.6 is 0 Å². The number of rotatable bonds is 4. The summed E-state index contributed by atoms with van der Waals surface area (Å²) in [6.07, 6.45) is 0. The van der Waals surface area contributed by atoms with Crippen molar-refractivity contribution in [2.75, 3.05) is 5.43 Å². The molecule has 0 heterocycles. The number of nitrogens with zero attached hydrogens (tertiary/aromatic N) is 2. The Balaban J connectivity index is 1.88. The topological polar surface area (TPSA) is 67.5 Å². The molecule has 0 saturated heterocycles. The fraction of sp³-hybridized carbons (Fsp3) is 0.0556. The number of nitro groups is 1. The van der Waals surface area contributed by atoms with E-state index in [1.807, 2.05) is 37.3 Å². The summed E-state index contributed by atoms with van der Waals surface area (Å²) in [4.78, 5) is 10.6. The average Bonchev–Trinajstić information content (AvgIpc) is 2.59. The van der Waals surface area contributed by atoms with E-state index in [9.17, 15) is 10.1 Å². The third kappa shape index (κ3) is 3.18. The molecule has 0 aliphatic carbocycles. The van der Waals surface area contributed by atoms with Gasteiger partial charge in [-0.1, -0.05) is 48.5 Å². The van der Waals surface area contributed by atoms with Crippen LogP contribution < -0.4 is 5.43 Å². The Morgan fingerprint density at radius 2 is 1.70 bits per heavy atom. The number of benzene rings is 3.